The largest absolute Gasteiger partial charge is 0.493 e. The minimum Gasteiger partial charge on any atom is -0.493 e. The van der Waals surface area contributed by atoms with Crippen LogP contribution in [0.5, 0.6) is 11.5 Å². The summed E-state index contributed by atoms with van der Waals surface area (Å²) < 4.78 is 10.6. The lowest BCUT2D eigenvalue weighted by Crippen LogP contribution is -2.18. The number of hydrogen-bond acceptors (Lipinski definition) is 3. The summed E-state index contributed by atoms with van der Waals surface area (Å²) in [5.41, 5.74) is 1.01. The molecule has 0 saturated carbocycles. The van der Waals surface area contributed by atoms with Gasteiger partial charge < -0.3 is 9.47 Å². The van der Waals surface area contributed by atoms with E-state index in [1.807, 2.05) is 18.2 Å². The summed E-state index contributed by atoms with van der Waals surface area (Å²) in [5, 5.41) is 0. The second kappa shape index (κ2) is 7.93. The first-order valence-electron chi connectivity index (χ1n) is 7.29. The van der Waals surface area contributed by atoms with Crippen LogP contribution in [-0.4, -0.2) is 20.0 Å². The maximum atomic E-state index is 12.4. The monoisotopic (exact) mass is 278 g/mol. The molecule has 0 unspecified atom stereocenters. The number of ether oxygens (including phenoxy) is 2. The van der Waals surface area contributed by atoms with Crippen molar-refractivity contribution in [1.82, 2.24) is 0 Å². The normalized spacial score (nSPS) is 12.3. The van der Waals surface area contributed by atoms with Crippen LogP contribution in [0.2, 0.25) is 0 Å². The molecular formula is C17H26O3. The second-order valence-corrected chi connectivity index (χ2v) is 5.41. The Balaban J connectivity index is 3.06. The van der Waals surface area contributed by atoms with Gasteiger partial charge in [-0.1, -0.05) is 33.3 Å². The van der Waals surface area contributed by atoms with Crippen molar-refractivity contribution in [3.05, 3.63) is 23.8 Å². The molecule has 3 nitrogen and oxygen atoms in total. The van der Waals surface area contributed by atoms with Gasteiger partial charge in [0.05, 0.1) is 14.2 Å². The van der Waals surface area contributed by atoms with Crippen LogP contribution in [0, 0.1) is 5.92 Å². The standard InChI is InChI=1S/C17H26O3/c1-6-7-8-14(18)17(12(2)3)13-9-10-15(19-4)16(11-13)20-5/h9-12,17H,6-8H2,1-5H3/t17-/m1/s1. The zero-order valence-corrected chi connectivity index (χ0v) is 13.2. The summed E-state index contributed by atoms with van der Waals surface area (Å²) >= 11 is 0. The number of unbranched alkanes of at least 4 members (excludes halogenated alkanes) is 1. The van der Waals surface area contributed by atoms with Crippen LogP contribution < -0.4 is 9.47 Å². The SMILES string of the molecule is CCCCC(=O)[C@@H](c1ccc(OC)c(OC)c1)C(C)C. The van der Waals surface area contributed by atoms with Gasteiger partial charge in [0.1, 0.15) is 5.78 Å². The molecule has 0 N–H and O–H groups in total. The van der Waals surface area contributed by atoms with Gasteiger partial charge in [-0.05, 0) is 30.0 Å². The molecule has 0 spiro atoms. The summed E-state index contributed by atoms with van der Waals surface area (Å²) in [7, 11) is 3.23. The quantitative estimate of drug-likeness (QED) is 0.715. The predicted octanol–water partition coefficient (Wildman–Crippen LogP) is 4.20. The van der Waals surface area contributed by atoms with Gasteiger partial charge in [0.15, 0.2) is 11.5 Å². The molecule has 0 aliphatic heterocycles. The fourth-order valence-electron chi connectivity index (χ4n) is 2.50. The van der Waals surface area contributed by atoms with Gasteiger partial charge in [0, 0.05) is 12.3 Å². The van der Waals surface area contributed by atoms with Crippen molar-refractivity contribution in [1.29, 1.82) is 0 Å². The zero-order valence-electron chi connectivity index (χ0n) is 13.2. The molecular weight excluding hydrogens is 252 g/mol. The van der Waals surface area contributed by atoms with Crippen molar-refractivity contribution in [2.45, 2.75) is 46.0 Å². The molecule has 0 heterocycles. The van der Waals surface area contributed by atoms with Crippen LogP contribution in [-0.2, 0) is 4.79 Å². The Morgan fingerprint density at radius 1 is 1.15 bits per heavy atom. The van der Waals surface area contributed by atoms with Gasteiger partial charge in [0.2, 0.25) is 0 Å². The summed E-state index contributed by atoms with van der Waals surface area (Å²) in [6, 6.07) is 5.76. The number of methoxy groups -OCH3 is 2. The smallest absolute Gasteiger partial charge is 0.161 e. The van der Waals surface area contributed by atoms with Gasteiger partial charge in [-0.3, -0.25) is 4.79 Å². The van der Waals surface area contributed by atoms with Crippen LogP contribution >= 0.6 is 0 Å². The molecule has 0 bridgehead atoms. The molecule has 1 aromatic rings. The van der Waals surface area contributed by atoms with E-state index in [1.54, 1.807) is 14.2 Å². The highest BCUT2D eigenvalue weighted by Gasteiger charge is 2.24. The highest BCUT2D eigenvalue weighted by Crippen LogP contribution is 2.34. The van der Waals surface area contributed by atoms with E-state index in [4.69, 9.17) is 9.47 Å². The summed E-state index contributed by atoms with van der Waals surface area (Å²) in [5.74, 6) is 1.89. The Hall–Kier alpha value is -1.51. The van der Waals surface area contributed by atoms with Gasteiger partial charge in [0.25, 0.3) is 0 Å². The van der Waals surface area contributed by atoms with E-state index < -0.39 is 0 Å². The van der Waals surface area contributed by atoms with E-state index in [-0.39, 0.29) is 11.8 Å². The maximum Gasteiger partial charge on any atom is 0.161 e. The lowest BCUT2D eigenvalue weighted by molar-refractivity contribution is -0.121. The Bertz CT molecular complexity index is 438. The van der Waals surface area contributed by atoms with Crippen LogP contribution in [0.3, 0.4) is 0 Å². The molecule has 1 atom stereocenters. The van der Waals surface area contributed by atoms with Crippen molar-refractivity contribution in [3.63, 3.8) is 0 Å². The van der Waals surface area contributed by atoms with Gasteiger partial charge in [-0.2, -0.15) is 0 Å². The molecule has 1 rings (SSSR count). The van der Waals surface area contributed by atoms with Crippen molar-refractivity contribution in [2.75, 3.05) is 14.2 Å². The lowest BCUT2D eigenvalue weighted by Gasteiger charge is -2.21. The van der Waals surface area contributed by atoms with E-state index >= 15 is 0 Å². The second-order valence-electron chi connectivity index (χ2n) is 5.41. The van der Waals surface area contributed by atoms with Crippen LogP contribution in [0.15, 0.2) is 18.2 Å². The Labute approximate surface area is 122 Å². The third kappa shape index (κ3) is 3.99. The Morgan fingerprint density at radius 2 is 1.80 bits per heavy atom. The van der Waals surface area contributed by atoms with E-state index in [0.717, 1.165) is 18.4 Å². The zero-order chi connectivity index (χ0) is 15.1. The van der Waals surface area contributed by atoms with Gasteiger partial charge in [-0.25, -0.2) is 0 Å². The van der Waals surface area contributed by atoms with E-state index in [9.17, 15) is 4.79 Å². The number of hydrogen-bond donors (Lipinski definition) is 0. The molecule has 3 heteroatoms. The molecule has 0 fully saturated rings. The van der Waals surface area contributed by atoms with Crippen molar-refractivity contribution in [3.8, 4) is 11.5 Å². The first-order valence-corrected chi connectivity index (χ1v) is 7.29. The van der Waals surface area contributed by atoms with Gasteiger partial charge >= 0.3 is 0 Å². The molecule has 0 radical (unpaired) electrons. The van der Waals surface area contributed by atoms with E-state index in [2.05, 4.69) is 20.8 Å². The van der Waals surface area contributed by atoms with Crippen molar-refractivity contribution < 1.29 is 14.3 Å². The maximum absolute atomic E-state index is 12.4. The Kier molecular flexibility index (Phi) is 6.56. The number of Topliss-reactive ketones (excluding diaryl/α,β-unsaturated/α-hetero) is 1. The lowest BCUT2D eigenvalue weighted by atomic mass is 9.83. The predicted molar refractivity (Wildman–Crippen MR) is 81.7 cm³/mol. The fraction of sp³-hybridized carbons (Fsp3) is 0.588. The minimum atomic E-state index is -0.0682. The van der Waals surface area contributed by atoms with Crippen LogP contribution in [0.25, 0.3) is 0 Å². The number of carbonyl (C=O) groups excluding carboxylic acids is 1. The van der Waals surface area contributed by atoms with Crippen LogP contribution in [0.1, 0.15) is 51.5 Å². The average molecular weight is 278 g/mol. The summed E-state index contributed by atoms with van der Waals surface area (Å²) in [6.45, 7) is 6.28. The highest BCUT2D eigenvalue weighted by atomic mass is 16.5. The highest BCUT2D eigenvalue weighted by molar-refractivity contribution is 5.86. The van der Waals surface area contributed by atoms with E-state index in [1.165, 1.54) is 0 Å². The van der Waals surface area contributed by atoms with Crippen LogP contribution in [0.4, 0.5) is 0 Å². The van der Waals surface area contributed by atoms with Crippen molar-refractivity contribution >= 4 is 5.78 Å². The first kappa shape index (κ1) is 16.5. The number of carbonyl (C=O) groups is 1. The molecule has 20 heavy (non-hydrogen) atoms. The van der Waals surface area contributed by atoms with Gasteiger partial charge in [-0.15, -0.1) is 0 Å². The molecule has 0 aliphatic rings. The molecule has 112 valence electrons. The third-order valence-electron chi connectivity index (χ3n) is 3.56. The minimum absolute atomic E-state index is 0.0682. The molecule has 0 amide bonds. The Morgan fingerprint density at radius 3 is 2.30 bits per heavy atom. The van der Waals surface area contributed by atoms with E-state index in [0.29, 0.717) is 23.7 Å². The molecule has 1 aromatic carbocycles. The summed E-state index contributed by atoms with van der Waals surface area (Å²) in [4.78, 5) is 12.4. The molecule has 0 aromatic heterocycles. The summed E-state index contributed by atoms with van der Waals surface area (Å²) in [6.07, 6.45) is 2.64. The van der Waals surface area contributed by atoms with Crippen molar-refractivity contribution in [2.24, 2.45) is 5.92 Å². The first-order chi connectivity index (χ1) is 9.54. The third-order valence-corrected chi connectivity index (χ3v) is 3.56. The number of ketones is 1. The average Bonchev–Trinajstić information content (AvgIpc) is 2.44. The molecule has 0 aliphatic carbocycles. The number of benzene rings is 1. The molecule has 0 saturated heterocycles. The fourth-order valence-corrected chi connectivity index (χ4v) is 2.50. The number of rotatable bonds is 8. The topological polar surface area (TPSA) is 35.5 Å².